The summed E-state index contributed by atoms with van der Waals surface area (Å²) >= 11 is 0. The molecule has 1 aliphatic heterocycles. The van der Waals surface area contributed by atoms with Gasteiger partial charge in [-0.1, -0.05) is 30.3 Å². The Morgan fingerprint density at radius 1 is 0.973 bits per heavy atom. The normalized spacial score (nSPS) is 14.6. The monoisotopic (exact) mass is 516 g/mol. The first-order valence-corrected chi connectivity index (χ1v) is 14.3. The minimum absolute atomic E-state index is 0.0101. The fraction of sp³-hybridized carbons (Fsp3) is 0.310. The number of rotatable bonds is 9. The van der Waals surface area contributed by atoms with Crippen LogP contribution in [0, 0.1) is 11.3 Å². The number of sulfone groups is 1. The van der Waals surface area contributed by atoms with E-state index >= 15 is 0 Å². The zero-order chi connectivity index (χ0) is 26.3. The van der Waals surface area contributed by atoms with Gasteiger partial charge in [-0.05, 0) is 66.9 Å². The van der Waals surface area contributed by atoms with Crippen molar-refractivity contribution in [1.29, 1.82) is 5.26 Å². The first kappa shape index (κ1) is 26.4. The zero-order valence-corrected chi connectivity index (χ0v) is 21.8. The van der Waals surface area contributed by atoms with Gasteiger partial charge in [-0.15, -0.1) is 0 Å². The van der Waals surface area contributed by atoms with Gasteiger partial charge in [-0.2, -0.15) is 5.26 Å². The van der Waals surface area contributed by atoms with Crippen molar-refractivity contribution in [3.63, 3.8) is 0 Å². The van der Waals surface area contributed by atoms with E-state index < -0.39 is 9.84 Å². The molecular weight excluding hydrogens is 484 g/mol. The van der Waals surface area contributed by atoms with Crippen molar-refractivity contribution in [3.8, 4) is 6.07 Å². The second-order valence-electron chi connectivity index (χ2n) is 9.42. The van der Waals surface area contributed by atoms with Crippen molar-refractivity contribution < 1.29 is 13.2 Å². The molecule has 0 bridgehead atoms. The average Bonchev–Trinajstić information content (AvgIpc) is 2.90. The minimum atomic E-state index is -3.24. The van der Waals surface area contributed by atoms with Crippen molar-refractivity contribution in [2.24, 2.45) is 0 Å². The third kappa shape index (κ3) is 7.42. The summed E-state index contributed by atoms with van der Waals surface area (Å²) in [5.41, 5.74) is 3.50. The molecular formula is C29H32N4O3S. The van der Waals surface area contributed by atoms with E-state index in [1.807, 2.05) is 42.5 Å². The molecule has 1 amide bonds. The third-order valence-corrected chi connectivity index (χ3v) is 7.81. The number of likely N-dealkylation sites (tertiary alicyclic amines) is 1. The molecule has 3 aromatic rings. The molecule has 1 N–H and O–H groups in total. The Morgan fingerprint density at radius 2 is 1.59 bits per heavy atom. The Hall–Kier alpha value is -3.67. The van der Waals surface area contributed by atoms with Crippen molar-refractivity contribution in [3.05, 3.63) is 90.0 Å². The van der Waals surface area contributed by atoms with Gasteiger partial charge in [-0.25, -0.2) is 8.42 Å². The molecule has 192 valence electrons. The quantitative estimate of drug-likeness (QED) is 0.463. The second-order valence-corrected chi connectivity index (χ2v) is 11.4. The van der Waals surface area contributed by atoms with Crippen LogP contribution in [-0.2, 0) is 21.1 Å². The van der Waals surface area contributed by atoms with Gasteiger partial charge < -0.3 is 15.1 Å². The highest BCUT2D eigenvalue weighted by Crippen LogP contribution is 2.26. The number of anilines is 2. The molecule has 4 rings (SSSR count). The van der Waals surface area contributed by atoms with E-state index in [2.05, 4.69) is 33.3 Å². The number of carbonyl (C=O) groups is 1. The Labute approximate surface area is 219 Å². The summed E-state index contributed by atoms with van der Waals surface area (Å²) in [6.07, 6.45) is 3.33. The van der Waals surface area contributed by atoms with E-state index in [1.54, 1.807) is 24.3 Å². The second kappa shape index (κ2) is 12.0. The maximum Gasteiger partial charge on any atom is 0.224 e. The van der Waals surface area contributed by atoms with E-state index in [-0.39, 0.29) is 11.9 Å². The summed E-state index contributed by atoms with van der Waals surface area (Å²) in [5, 5.41) is 12.1. The summed E-state index contributed by atoms with van der Waals surface area (Å²) in [5.74, 6) is 0.0101. The van der Waals surface area contributed by atoms with Gasteiger partial charge in [-0.3, -0.25) is 4.79 Å². The highest BCUT2D eigenvalue weighted by Gasteiger charge is 2.22. The number of nitrogens with zero attached hydrogens (tertiary/aromatic N) is 3. The Bertz CT molecular complexity index is 1330. The van der Waals surface area contributed by atoms with Crippen LogP contribution in [0.15, 0.2) is 83.8 Å². The zero-order valence-electron chi connectivity index (χ0n) is 21.0. The number of hydrogen-bond acceptors (Lipinski definition) is 6. The number of nitriles is 1. The number of para-hydroxylation sites is 1. The van der Waals surface area contributed by atoms with E-state index in [1.165, 1.54) is 6.26 Å². The summed E-state index contributed by atoms with van der Waals surface area (Å²) in [7, 11) is -3.24. The van der Waals surface area contributed by atoms with Gasteiger partial charge in [0.25, 0.3) is 0 Å². The molecule has 0 saturated carbocycles. The SMILES string of the molecule is CS(=O)(=O)c1ccc(N(CCN2CCC(NC(=O)Cc3ccc(C#N)cc3)CC2)c2ccccc2)cc1. The summed E-state index contributed by atoms with van der Waals surface area (Å²) < 4.78 is 23.7. The molecule has 0 radical (unpaired) electrons. The molecule has 0 aromatic heterocycles. The van der Waals surface area contributed by atoms with Crippen LogP contribution >= 0.6 is 0 Å². The number of nitrogens with one attached hydrogen (secondary N) is 1. The van der Waals surface area contributed by atoms with Gasteiger partial charge in [0, 0.05) is 49.9 Å². The smallest absolute Gasteiger partial charge is 0.224 e. The van der Waals surface area contributed by atoms with Crippen LogP contribution < -0.4 is 10.2 Å². The maximum absolute atomic E-state index is 12.5. The molecule has 7 nitrogen and oxygen atoms in total. The Morgan fingerprint density at radius 3 is 2.19 bits per heavy atom. The standard InChI is InChI=1S/C29H32N4O3S/c1-37(35,36)28-13-11-27(12-14-28)33(26-5-3-2-4-6-26)20-19-32-17-15-25(16-18-32)31-29(34)21-23-7-9-24(22-30)10-8-23/h2-14,25H,15-21H2,1H3,(H,31,34). The minimum Gasteiger partial charge on any atom is -0.353 e. The Kier molecular flexibility index (Phi) is 8.59. The molecule has 37 heavy (non-hydrogen) atoms. The molecule has 0 aliphatic carbocycles. The van der Waals surface area contributed by atoms with Crippen molar-refractivity contribution in [2.75, 3.05) is 37.3 Å². The van der Waals surface area contributed by atoms with Gasteiger partial charge in [0.2, 0.25) is 5.91 Å². The molecule has 8 heteroatoms. The topological polar surface area (TPSA) is 93.5 Å². The van der Waals surface area contributed by atoms with Crippen LogP contribution in [0.2, 0.25) is 0 Å². The van der Waals surface area contributed by atoms with Crippen molar-refractivity contribution in [1.82, 2.24) is 10.2 Å². The van der Waals surface area contributed by atoms with Crippen LogP contribution in [-0.4, -0.2) is 57.7 Å². The largest absolute Gasteiger partial charge is 0.353 e. The molecule has 1 aliphatic rings. The van der Waals surface area contributed by atoms with E-state index in [4.69, 9.17) is 5.26 Å². The molecule has 1 fully saturated rings. The fourth-order valence-electron chi connectivity index (χ4n) is 4.59. The predicted octanol–water partition coefficient (Wildman–Crippen LogP) is 3.92. The van der Waals surface area contributed by atoms with E-state index in [0.29, 0.717) is 16.9 Å². The number of piperidine rings is 1. The van der Waals surface area contributed by atoms with Crippen LogP contribution in [0.3, 0.4) is 0 Å². The lowest BCUT2D eigenvalue weighted by Gasteiger charge is -2.34. The highest BCUT2D eigenvalue weighted by molar-refractivity contribution is 7.90. The number of hydrogen-bond donors (Lipinski definition) is 1. The summed E-state index contributed by atoms with van der Waals surface area (Å²) in [6.45, 7) is 3.42. The molecule has 1 heterocycles. The first-order valence-electron chi connectivity index (χ1n) is 12.5. The maximum atomic E-state index is 12.5. The van der Waals surface area contributed by atoms with Crippen molar-refractivity contribution in [2.45, 2.75) is 30.2 Å². The number of benzene rings is 3. The highest BCUT2D eigenvalue weighted by atomic mass is 32.2. The van der Waals surface area contributed by atoms with Crippen molar-refractivity contribution >= 4 is 27.1 Å². The Balaban J connectivity index is 1.30. The first-order chi connectivity index (χ1) is 17.8. The lowest BCUT2D eigenvalue weighted by atomic mass is 10.0. The predicted molar refractivity (Wildman–Crippen MR) is 145 cm³/mol. The third-order valence-electron chi connectivity index (χ3n) is 6.68. The number of carbonyl (C=O) groups excluding carboxylic acids is 1. The van der Waals surface area contributed by atoms with Crippen LogP contribution in [0.4, 0.5) is 11.4 Å². The summed E-state index contributed by atoms with van der Waals surface area (Å²) in [6, 6.07) is 26.5. The van der Waals surface area contributed by atoms with Gasteiger partial charge in [0.15, 0.2) is 9.84 Å². The molecule has 0 spiro atoms. The average molecular weight is 517 g/mol. The van der Waals surface area contributed by atoms with Gasteiger partial charge in [0.1, 0.15) is 0 Å². The fourth-order valence-corrected chi connectivity index (χ4v) is 5.22. The lowest BCUT2D eigenvalue weighted by Crippen LogP contribution is -2.46. The summed E-state index contributed by atoms with van der Waals surface area (Å²) in [4.78, 5) is 17.4. The van der Waals surface area contributed by atoms with Gasteiger partial charge >= 0.3 is 0 Å². The van der Waals surface area contributed by atoms with Crippen LogP contribution in [0.1, 0.15) is 24.0 Å². The molecule has 0 unspecified atom stereocenters. The number of amides is 1. The molecule has 1 saturated heterocycles. The van der Waals surface area contributed by atoms with E-state index in [9.17, 15) is 13.2 Å². The van der Waals surface area contributed by atoms with E-state index in [0.717, 1.165) is 56.0 Å². The van der Waals surface area contributed by atoms with Crippen LogP contribution in [0.5, 0.6) is 0 Å². The lowest BCUT2D eigenvalue weighted by molar-refractivity contribution is -0.121. The molecule has 3 aromatic carbocycles. The molecule has 0 atom stereocenters. The van der Waals surface area contributed by atoms with Crippen LogP contribution in [0.25, 0.3) is 0 Å². The van der Waals surface area contributed by atoms with Gasteiger partial charge in [0.05, 0.1) is 22.9 Å².